The second-order valence-electron chi connectivity index (χ2n) is 5.86. The molecule has 2 aromatic rings. The van der Waals surface area contributed by atoms with Crippen LogP contribution in [0.4, 0.5) is 11.5 Å². The first-order valence-corrected chi connectivity index (χ1v) is 7.70. The van der Waals surface area contributed by atoms with Gasteiger partial charge in [0.25, 0.3) is 5.88 Å². The second kappa shape index (κ2) is 5.12. The van der Waals surface area contributed by atoms with Crippen LogP contribution in [0.1, 0.15) is 26.2 Å². The van der Waals surface area contributed by atoms with Gasteiger partial charge in [0.05, 0.1) is 17.2 Å². The quantitative estimate of drug-likeness (QED) is 0.875. The van der Waals surface area contributed by atoms with E-state index >= 15 is 0 Å². The maximum absolute atomic E-state index is 11.4. The van der Waals surface area contributed by atoms with Gasteiger partial charge < -0.3 is 15.0 Å². The van der Waals surface area contributed by atoms with Crippen molar-refractivity contribution in [1.82, 2.24) is 9.97 Å². The fourth-order valence-electron chi connectivity index (χ4n) is 3.25. The van der Waals surface area contributed by atoms with Crippen LogP contribution in [0.5, 0.6) is 5.88 Å². The summed E-state index contributed by atoms with van der Waals surface area (Å²) in [6.45, 7) is 3.16. The SMILES string of the molecule is CC(=O)Nc1cccc2nc3c(nc12)N1CCCCC1CO3. The summed E-state index contributed by atoms with van der Waals surface area (Å²) in [7, 11) is 0. The topological polar surface area (TPSA) is 67.4 Å². The number of fused-ring (bicyclic) bond motifs is 4. The second-order valence-corrected chi connectivity index (χ2v) is 5.86. The third kappa shape index (κ3) is 2.15. The molecule has 0 saturated carbocycles. The Morgan fingerprint density at radius 2 is 2.27 bits per heavy atom. The molecule has 1 saturated heterocycles. The van der Waals surface area contributed by atoms with Crippen LogP contribution < -0.4 is 15.0 Å². The van der Waals surface area contributed by atoms with Gasteiger partial charge in [-0.2, -0.15) is 0 Å². The van der Waals surface area contributed by atoms with Gasteiger partial charge in [0, 0.05) is 13.5 Å². The molecule has 1 aromatic carbocycles. The first kappa shape index (κ1) is 13.3. The van der Waals surface area contributed by atoms with Crippen molar-refractivity contribution >= 4 is 28.4 Å². The minimum absolute atomic E-state index is 0.112. The highest BCUT2D eigenvalue weighted by atomic mass is 16.5. The molecule has 1 unspecified atom stereocenters. The predicted molar refractivity (Wildman–Crippen MR) is 84.3 cm³/mol. The number of ether oxygens (including phenoxy) is 1. The van der Waals surface area contributed by atoms with Crippen molar-refractivity contribution in [3.63, 3.8) is 0 Å². The summed E-state index contributed by atoms with van der Waals surface area (Å²) in [5, 5.41) is 2.83. The van der Waals surface area contributed by atoms with Gasteiger partial charge in [0.15, 0.2) is 5.82 Å². The van der Waals surface area contributed by atoms with Crippen molar-refractivity contribution < 1.29 is 9.53 Å². The lowest BCUT2D eigenvalue weighted by Crippen LogP contribution is -2.46. The average Bonchev–Trinajstić information content (AvgIpc) is 2.53. The van der Waals surface area contributed by atoms with E-state index in [0.717, 1.165) is 24.3 Å². The van der Waals surface area contributed by atoms with Gasteiger partial charge >= 0.3 is 0 Å². The molecule has 1 atom stereocenters. The number of aromatic nitrogens is 2. The Morgan fingerprint density at radius 1 is 1.36 bits per heavy atom. The van der Waals surface area contributed by atoms with E-state index in [1.54, 1.807) is 0 Å². The van der Waals surface area contributed by atoms with Gasteiger partial charge in [0.1, 0.15) is 12.1 Å². The Labute approximate surface area is 128 Å². The van der Waals surface area contributed by atoms with Crippen molar-refractivity contribution in [2.24, 2.45) is 0 Å². The normalized spacial score (nSPS) is 20.0. The zero-order valence-corrected chi connectivity index (χ0v) is 12.5. The number of carbonyl (C=O) groups is 1. The number of anilines is 2. The van der Waals surface area contributed by atoms with Crippen LogP contribution in [-0.4, -0.2) is 35.1 Å². The fourth-order valence-corrected chi connectivity index (χ4v) is 3.25. The highest BCUT2D eigenvalue weighted by Gasteiger charge is 2.32. The highest BCUT2D eigenvalue weighted by molar-refractivity contribution is 5.99. The number of carbonyl (C=O) groups excluding carboxylic acids is 1. The summed E-state index contributed by atoms with van der Waals surface area (Å²) in [6.07, 6.45) is 3.54. The van der Waals surface area contributed by atoms with Gasteiger partial charge in [0.2, 0.25) is 5.91 Å². The Hall–Kier alpha value is -2.37. The molecule has 22 heavy (non-hydrogen) atoms. The zero-order valence-electron chi connectivity index (χ0n) is 12.5. The van der Waals surface area contributed by atoms with Crippen LogP contribution in [0.15, 0.2) is 18.2 Å². The van der Waals surface area contributed by atoms with Crippen LogP contribution in [0.3, 0.4) is 0 Å². The molecule has 114 valence electrons. The standard InChI is InChI=1S/C16H18N4O2/c1-10(21)17-12-6-4-7-13-14(12)19-15-16(18-13)22-9-11-5-2-3-8-20(11)15/h4,6-7,11H,2-3,5,8-9H2,1H3,(H,17,21). The maximum Gasteiger partial charge on any atom is 0.258 e. The van der Waals surface area contributed by atoms with Gasteiger partial charge in [-0.25, -0.2) is 9.97 Å². The van der Waals surface area contributed by atoms with Crippen LogP contribution >= 0.6 is 0 Å². The third-order valence-electron chi connectivity index (χ3n) is 4.27. The maximum atomic E-state index is 11.4. The monoisotopic (exact) mass is 298 g/mol. The smallest absolute Gasteiger partial charge is 0.258 e. The third-order valence-corrected chi connectivity index (χ3v) is 4.27. The molecule has 6 nitrogen and oxygen atoms in total. The van der Waals surface area contributed by atoms with Crippen LogP contribution in [0.25, 0.3) is 11.0 Å². The molecule has 4 rings (SSSR count). The summed E-state index contributed by atoms with van der Waals surface area (Å²) in [5.41, 5.74) is 2.14. The largest absolute Gasteiger partial charge is 0.473 e. The van der Waals surface area contributed by atoms with Crippen molar-refractivity contribution in [2.75, 3.05) is 23.4 Å². The number of para-hydroxylation sites is 1. The van der Waals surface area contributed by atoms with Crippen LogP contribution in [0, 0.1) is 0 Å². The Balaban J connectivity index is 1.85. The van der Waals surface area contributed by atoms with Gasteiger partial charge in [-0.1, -0.05) is 6.07 Å². The molecule has 1 N–H and O–H groups in total. The van der Waals surface area contributed by atoms with Gasteiger partial charge in [-0.3, -0.25) is 4.79 Å². The van der Waals surface area contributed by atoms with Crippen molar-refractivity contribution in [3.05, 3.63) is 18.2 Å². The first-order chi connectivity index (χ1) is 10.7. The van der Waals surface area contributed by atoms with Crippen molar-refractivity contribution in [2.45, 2.75) is 32.2 Å². The molecule has 0 radical (unpaired) electrons. The van der Waals surface area contributed by atoms with Gasteiger partial charge in [-0.05, 0) is 31.4 Å². The van der Waals surface area contributed by atoms with Crippen molar-refractivity contribution in [3.8, 4) is 5.88 Å². The van der Waals surface area contributed by atoms with E-state index in [2.05, 4.69) is 15.2 Å². The Kier molecular flexibility index (Phi) is 3.10. The molecule has 3 heterocycles. The number of hydrogen-bond acceptors (Lipinski definition) is 5. The molecule has 0 spiro atoms. The van der Waals surface area contributed by atoms with E-state index in [4.69, 9.17) is 9.72 Å². The van der Waals surface area contributed by atoms with Crippen LogP contribution in [0.2, 0.25) is 0 Å². The lowest BCUT2D eigenvalue weighted by Gasteiger charge is -2.40. The number of nitrogens with one attached hydrogen (secondary N) is 1. The Morgan fingerprint density at radius 3 is 3.14 bits per heavy atom. The summed E-state index contributed by atoms with van der Waals surface area (Å²) in [5.74, 6) is 1.30. The van der Waals surface area contributed by atoms with E-state index in [-0.39, 0.29) is 5.91 Å². The summed E-state index contributed by atoms with van der Waals surface area (Å²) >= 11 is 0. The summed E-state index contributed by atoms with van der Waals surface area (Å²) in [6, 6.07) is 5.99. The number of rotatable bonds is 1. The summed E-state index contributed by atoms with van der Waals surface area (Å²) < 4.78 is 5.82. The van der Waals surface area contributed by atoms with Crippen molar-refractivity contribution in [1.29, 1.82) is 0 Å². The van der Waals surface area contributed by atoms with Gasteiger partial charge in [-0.15, -0.1) is 0 Å². The van der Waals surface area contributed by atoms with E-state index in [9.17, 15) is 4.79 Å². The lowest BCUT2D eigenvalue weighted by molar-refractivity contribution is -0.114. The highest BCUT2D eigenvalue weighted by Crippen LogP contribution is 2.36. The molecule has 1 fully saturated rings. The average molecular weight is 298 g/mol. The predicted octanol–water partition coefficient (Wildman–Crippen LogP) is 2.34. The molecule has 0 bridgehead atoms. The van der Waals surface area contributed by atoms with E-state index in [1.807, 2.05) is 18.2 Å². The number of nitrogens with zero attached hydrogens (tertiary/aromatic N) is 3. The van der Waals surface area contributed by atoms with Crippen LogP contribution in [-0.2, 0) is 4.79 Å². The molecule has 1 aromatic heterocycles. The first-order valence-electron chi connectivity index (χ1n) is 7.70. The lowest BCUT2D eigenvalue weighted by atomic mass is 10.0. The molecule has 6 heteroatoms. The molecule has 0 aliphatic carbocycles. The van der Waals surface area contributed by atoms with E-state index in [0.29, 0.717) is 29.7 Å². The fraction of sp³-hybridized carbons (Fsp3) is 0.438. The minimum Gasteiger partial charge on any atom is -0.473 e. The number of piperidine rings is 1. The molecular formula is C16H18N4O2. The van der Waals surface area contributed by atoms with E-state index < -0.39 is 0 Å². The molecule has 2 aliphatic rings. The molecule has 2 aliphatic heterocycles. The molecule has 1 amide bonds. The zero-order chi connectivity index (χ0) is 15.1. The van der Waals surface area contributed by atoms with E-state index in [1.165, 1.54) is 19.8 Å². The summed E-state index contributed by atoms with van der Waals surface area (Å²) in [4.78, 5) is 23.1. The minimum atomic E-state index is -0.112. The molecular weight excluding hydrogens is 280 g/mol. The Bertz CT molecular complexity index is 746. The number of benzene rings is 1. The number of hydrogen-bond donors (Lipinski definition) is 1. The number of amides is 1.